The van der Waals surface area contributed by atoms with E-state index in [4.69, 9.17) is 37.0 Å². The molecule has 0 saturated heterocycles. The summed E-state index contributed by atoms with van der Waals surface area (Å²) >= 11 is 0. The third-order valence-corrected chi connectivity index (χ3v) is 20.3. The van der Waals surface area contributed by atoms with E-state index in [2.05, 4.69) is 48.5 Å². The van der Waals surface area contributed by atoms with Crippen molar-refractivity contribution in [3.63, 3.8) is 0 Å². The number of esters is 4. The highest BCUT2D eigenvalue weighted by atomic mass is 31.2. The second-order valence-corrected chi connectivity index (χ2v) is 31.3. The Balaban J connectivity index is 5.11. The maximum Gasteiger partial charge on any atom is 0.472 e. The Hall–Kier alpha value is -1.94. The van der Waals surface area contributed by atoms with E-state index in [-0.39, 0.29) is 25.7 Å². The number of carbonyl (C=O) groups is 4. The Kier molecular flexibility index (Phi) is 65.2. The van der Waals surface area contributed by atoms with Crippen LogP contribution in [0.1, 0.15) is 389 Å². The molecule has 4 unspecified atom stereocenters. The van der Waals surface area contributed by atoms with Gasteiger partial charge in [-0.3, -0.25) is 37.3 Å². The monoisotopic (exact) mass is 1400 g/mol. The summed E-state index contributed by atoms with van der Waals surface area (Å²) in [5.74, 6) is 0.265. The van der Waals surface area contributed by atoms with E-state index in [1.165, 1.54) is 193 Å². The minimum absolute atomic E-state index is 0.102. The molecule has 0 aliphatic carbocycles. The average Bonchev–Trinajstić information content (AvgIpc) is 1.57. The topological polar surface area (TPSA) is 237 Å². The first-order chi connectivity index (χ1) is 45.8. The molecule has 3 N–H and O–H groups in total. The first kappa shape index (κ1) is 93.1. The molecule has 19 heteroatoms. The third-order valence-electron chi connectivity index (χ3n) is 18.4. The summed E-state index contributed by atoms with van der Waals surface area (Å²) < 4.78 is 68.2. The van der Waals surface area contributed by atoms with Gasteiger partial charge in [0.15, 0.2) is 12.2 Å². The fourth-order valence-electron chi connectivity index (χ4n) is 11.5. The Morgan fingerprint density at radius 2 is 0.537 bits per heavy atom. The summed E-state index contributed by atoms with van der Waals surface area (Å²) in [6.07, 6.45) is 53.3. The molecule has 0 aromatic carbocycles. The minimum atomic E-state index is -4.96. The number of rotatable bonds is 74. The third kappa shape index (κ3) is 67.6. The molecule has 0 rings (SSSR count). The molecule has 0 aliphatic heterocycles. The van der Waals surface area contributed by atoms with Crippen LogP contribution in [0.4, 0.5) is 0 Å². The van der Waals surface area contributed by atoms with Crippen molar-refractivity contribution in [3.05, 3.63) is 0 Å². The maximum absolute atomic E-state index is 13.1. The highest BCUT2D eigenvalue weighted by molar-refractivity contribution is 7.47. The molecular weight excluding hydrogens is 1250 g/mol. The molecule has 0 saturated carbocycles. The lowest BCUT2D eigenvalue weighted by atomic mass is 9.99. The van der Waals surface area contributed by atoms with E-state index in [1.807, 2.05) is 0 Å². The van der Waals surface area contributed by atoms with Gasteiger partial charge in [-0.15, -0.1) is 0 Å². The summed E-state index contributed by atoms with van der Waals surface area (Å²) in [6.45, 7) is 11.8. The van der Waals surface area contributed by atoms with Crippen LogP contribution in [0.2, 0.25) is 0 Å². The lowest BCUT2D eigenvalue weighted by Crippen LogP contribution is -2.30. The predicted molar refractivity (Wildman–Crippen MR) is 386 cm³/mol. The first-order valence-electron chi connectivity index (χ1n) is 39.4. The van der Waals surface area contributed by atoms with Gasteiger partial charge in [0.2, 0.25) is 0 Å². The lowest BCUT2D eigenvalue weighted by molar-refractivity contribution is -0.161. The average molecular weight is 1400 g/mol. The SMILES string of the molecule is CCCCCCCC(=O)OC[C@H](COP(=O)(O)OC[C@H](O)COP(=O)(O)OC[C@@H](COC(=O)CCCCCCCCCCCCCCCCCC(C)C)OC(=O)CCCCCCCCCCCCCCCCCCCCC(C)CC)OC(=O)CCCCCCCCC(C)CC. The number of hydrogen-bond acceptors (Lipinski definition) is 15. The van der Waals surface area contributed by atoms with Gasteiger partial charge in [-0.2, -0.15) is 0 Å². The zero-order chi connectivity index (χ0) is 70.1. The molecule has 0 amide bonds. The van der Waals surface area contributed by atoms with Crippen molar-refractivity contribution < 1.29 is 80.2 Å². The van der Waals surface area contributed by atoms with E-state index in [1.54, 1.807) is 0 Å². The van der Waals surface area contributed by atoms with Gasteiger partial charge >= 0.3 is 39.5 Å². The molecule has 0 spiro atoms. The normalized spacial score (nSPS) is 14.6. The molecule has 7 atom stereocenters. The van der Waals surface area contributed by atoms with Gasteiger partial charge in [0.1, 0.15) is 19.3 Å². The van der Waals surface area contributed by atoms with Crippen LogP contribution in [-0.4, -0.2) is 96.7 Å². The van der Waals surface area contributed by atoms with E-state index in [0.29, 0.717) is 25.7 Å². The van der Waals surface area contributed by atoms with E-state index in [9.17, 15) is 43.2 Å². The van der Waals surface area contributed by atoms with E-state index >= 15 is 0 Å². The molecule has 0 radical (unpaired) electrons. The highest BCUT2D eigenvalue weighted by Crippen LogP contribution is 2.45. The quantitative estimate of drug-likeness (QED) is 0.0222. The molecule has 0 aliphatic rings. The summed E-state index contributed by atoms with van der Waals surface area (Å²) in [7, 11) is -9.90. The number of hydrogen-bond donors (Lipinski definition) is 3. The molecular formula is C76H148O17P2. The highest BCUT2D eigenvalue weighted by Gasteiger charge is 2.30. The Morgan fingerprint density at radius 3 is 0.800 bits per heavy atom. The van der Waals surface area contributed by atoms with Gasteiger partial charge in [-0.1, -0.05) is 337 Å². The van der Waals surface area contributed by atoms with Crippen LogP contribution in [0, 0.1) is 17.8 Å². The van der Waals surface area contributed by atoms with E-state index < -0.39 is 97.5 Å². The molecule has 0 aromatic rings. The zero-order valence-electron chi connectivity index (χ0n) is 62.1. The van der Waals surface area contributed by atoms with Gasteiger partial charge in [-0.25, -0.2) is 9.13 Å². The number of ether oxygens (including phenoxy) is 4. The van der Waals surface area contributed by atoms with E-state index in [0.717, 1.165) is 114 Å². The summed E-state index contributed by atoms with van der Waals surface area (Å²) in [5, 5.41) is 10.6. The number of unbranched alkanes of at least 4 members (excludes halogenated alkanes) is 40. The minimum Gasteiger partial charge on any atom is -0.462 e. The number of aliphatic hydroxyl groups excluding tert-OH is 1. The molecule has 0 fully saturated rings. The zero-order valence-corrected chi connectivity index (χ0v) is 63.9. The molecule has 0 bridgehead atoms. The van der Waals surface area contributed by atoms with Crippen molar-refractivity contribution in [1.82, 2.24) is 0 Å². The molecule has 564 valence electrons. The number of phosphoric ester groups is 2. The predicted octanol–water partition coefficient (Wildman–Crippen LogP) is 22.2. The summed E-state index contributed by atoms with van der Waals surface area (Å²) in [4.78, 5) is 72.4. The fourth-order valence-corrected chi connectivity index (χ4v) is 13.1. The van der Waals surface area contributed by atoms with Crippen LogP contribution < -0.4 is 0 Å². The van der Waals surface area contributed by atoms with Gasteiger partial charge in [-0.05, 0) is 43.4 Å². The van der Waals surface area contributed by atoms with Crippen molar-refractivity contribution in [3.8, 4) is 0 Å². The van der Waals surface area contributed by atoms with Gasteiger partial charge < -0.3 is 33.8 Å². The summed E-state index contributed by atoms with van der Waals surface area (Å²) in [5.41, 5.74) is 0. The lowest BCUT2D eigenvalue weighted by Gasteiger charge is -2.21. The smallest absolute Gasteiger partial charge is 0.462 e. The van der Waals surface area contributed by atoms with Gasteiger partial charge in [0.25, 0.3) is 0 Å². The largest absolute Gasteiger partial charge is 0.472 e. The summed E-state index contributed by atoms with van der Waals surface area (Å²) in [6, 6.07) is 0. The van der Waals surface area contributed by atoms with Crippen LogP contribution in [0.3, 0.4) is 0 Å². The standard InChI is InChI=1S/C76H148O17P2/c1-8-11-12-40-50-57-73(78)86-63-71(93-76(81)60-53-46-39-38-43-49-56-69(7)10-3)65-90-94(82,83)88-61-70(77)62-89-95(84,85)91-66-72(64-87-74(79)58-51-44-36-32-28-24-21-17-18-22-26-30-34-41-47-54-67(4)5)92-75(80)59-52-45-37-33-29-25-20-16-14-13-15-19-23-27-31-35-42-48-55-68(6)9-2/h67-72,77H,8-66H2,1-7H3,(H,82,83)(H,84,85)/t68?,69?,70-,71+,72+/m0/s1. The van der Waals surface area contributed by atoms with Crippen LogP contribution in [0.5, 0.6) is 0 Å². The van der Waals surface area contributed by atoms with Gasteiger partial charge in [0.05, 0.1) is 26.4 Å². The van der Waals surface area contributed by atoms with Crippen molar-refractivity contribution in [2.24, 2.45) is 17.8 Å². The van der Waals surface area contributed by atoms with Crippen LogP contribution >= 0.6 is 15.6 Å². The van der Waals surface area contributed by atoms with Crippen molar-refractivity contribution in [2.45, 2.75) is 407 Å². The second-order valence-electron chi connectivity index (χ2n) is 28.4. The molecule has 0 heterocycles. The number of carbonyl (C=O) groups excluding carboxylic acids is 4. The first-order valence-corrected chi connectivity index (χ1v) is 42.4. The van der Waals surface area contributed by atoms with Crippen molar-refractivity contribution >= 4 is 39.5 Å². The Labute approximate surface area is 581 Å². The van der Waals surface area contributed by atoms with Gasteiger partial charge in [0, 0.05) is 25.7 Å². The van der Waals surface area contributed by atoms with Crippen LogP contribution in [0.25, 0.3) is 0 Å². The molecule has 0 aromatic heterocycles. The number of phosphoric acid groups is 2. The van der Waals surface area contributed by atoms with Crippen molar-refractivity contribution in [1.29, 1.82) is 0 Å². The van der Waals surface area contributed by atoms with Crippen LogP contribution in [-0.2, 0) is 65.4 Å². The Bertz CT molecular complexity index is 1860. The number of aliphatic hydroxyl groups is 1. The van der Waals surface area contributed by atoms with Crippen LogP contribution in [0.15, 0.2) is 0 Å². The maximum atomic E-state index is 13.1. The van der Waals surface area contributed by atoms with Crippen molar-refractivity contribution in [2.75, 3.05) is 39.6 Å². The Morgan fingerprint density at radius 1 is 0.305 bits per heavy atom. The molecule has 17 nitrogen and oxygen atoms in total. The fraction of sp³-hybridized carbons (Fsp3) is 0.947. The molecule has 95 heavy (non-hydrogen) atoms. The second kappa shape index (κ2) is 66.6.